The Kier molecular flexibility index (Phi) is 6.31. The van der Waals surface area contributed by atoms with Gasteiger partial charge in [0, 0.05) is 27.2 Å². The van der Waals surface area contributed by atoms with Crippen LogP contribution in [0.15, 0.2) is 4.99 Å². The third-order valence-electron chi connectivity index (χ3n) is 4.42. The van der Waals surface area contributed by atoms with Crippen molar-refractivity contribution in [2.24, 2.45) is 15.8 Å². The first-order chi connectivity index (χ1) is 9.30. The highest BCUT2D eigenvalue weighted by Gasteiger charge is 2.29. The maximum absolute atomic E-state index is 5.56. The Hall–Kier alpha value is -0.770. The van der Waals surface area contributed by atoms with Crippen molar-refractivity contribution in [1.29, 1.82) is 0 Å². The molecule has 4 heteroatoms. The molecule has 1 saturated carbocycles. The van der Waals surface area contributed by atoms with Crippen molar-refractivity contribution in [1.82, 2.24) is 10.6 Å². The Bertz CT molecular complexity index is 314. The summed E-state index contributed by atoms with van der Waals surface area (Å²) in [4.78, 5) is 4.31. The monoisotopic (exact) mass is 283 g/mol. The van der Waals surface area contributed by atoms with E-state index < -0.39 is 0 Å². The van der Waals surface area contributed by atoms with Crippen LogP contribution in [0.5, 0.6) is 0 Å². The smallest absolute Gasteiger partial charge is 0.191 e. The van der Waals surface area contributed by atoms with E-state index in [9.17, 15) is 0 Å². The predicted molar refractivity (Wildman–Crippen MR) is 86.2 cm³/mol. The molecule has 4 nitrogen and oxygen atoms in total. The van der Waals surface area contributed by atoms with E-state index in [2.05, 4.69) is 43.3 Å². The molecule has 0 aromatic rings. The molecule has 0 spiro atoms. The van der Waals surface area contributed by atoms with Crippen molar-refractivity contribution in [3.05, 3.63) is 0 Å². The van der Waals surface area contributed by atoms with Crippen LogP contribution in [0.4, 0.5) is 0 Å². The van der Waals surface area contributed by atoms with Gasteiger partial charge in [0.05, 0.1) is 6.10 Å². The Balaban J connectivity index is 2.40. The minimum absolute atomic E-state index is 0.123. The number of ether oxygens (including phenoxy) is 1. The summed E-state index contributed by atoms with van der Waals surface area (Å²) in [6, 6.07) is 0. The summed E-state index contributed by atoms with van der Waals surface area (Å²) in [7, 11) is 3.60. The summed E-state index contributed by atoms with van der Waals surface area (Å²) in [5.74, 6) is 0.879. The highest BCUT2D eigenvalue weighted by Crippen LogP contribution is 2.36. The highest BCUT2D eigenvalue weighted by molar-refractivity contribution is 5.79. The molecule has 0 aromatic carbocycles. The molecule has 0 heterocycles. The van der Waals surface area contributed by atoms with Crippen LogP contribution >= 0.6 is 0 Å². The van der Waals surface area contributed by atoms with E-state index in [0.29, 0.717) is 5.41 Å². The van der Waals surface area contributed by atoms with Gasteiger partial charge in [0.2, 0.25) is 0 Å². The molecule has 0 amide bonds. The summed E-state index contributed by atoms with van der Waals surface area (Å²) in [6.07, 6.45) is 5.53. The minimum Gasteiger partial charge on any atom is -0.379 e. The molecule has 118 valence electrons. The van der Waals surface area contributed by atoms with E-state index in [-0.39, 0.29) is 11.5 Å². The van der Waals surface area contributed by atoms with Gasteiger partial charge in [-0.2, -0.15) is 0 Å². The number of methoxy groups -OCH3 is 1. The van der Waals surface area contributed by atoms with E-state index in [4.69, 9.17) is 4.74 Å². The molecule has 0 aromatic heterocycles. The number of nitrogens with one attached hydrogen (secondary N) is 2. The number of rotatable bonds is 5. The molecule has 1 aliphatic rings. The van der Waals surface area contributed by atoms with Gasteiger partial charge < -0.3 is 15.4 Å². The first-order valence-corrected chi connectivity index (χ1v) is 7.78. The second-order valence-electron chi connectivity index (χ2n) is 7.41. The van der Waals surface area contributed by atoms with Crippen LogP contribution in [0.1, 0.15) is 53.4 Å². The van der Waals surface area contributed by atoms with Gasteiger partial charge in [0.15, 0.2) is 5.96 Å². The molecule has 0 radical (unpaired) electrons. The van der Waals surface area contributed by atoms with Gasteiger partial charge in [-0.05, 0) is 23.7 Å². The molecule has 20 heavy (non-hydrogen) atoms. The summed E-state index contributed by atoms with van der Waals surface area (Å²) in [5.41, 5.74) is 0.556. The number of hydrogen-bond donors (Lipinski definition) is 2. The zero-order valence-electron chi connectivity index (χ0n) is 14.2. The van der Waals surface area contributed by atoms with Crippen LogP contribution in [0, 0.1) is 10.8 Å². The van der Waals surface area contributed by atoms with Crippen molar-refractivity contribution in [2.75, 3.05) is 27.2 Å². The predicted octanol–water partition coefficient (Wildman–Crippen LogP) is 2.79. The summed E-state index contributed by atoms with van der Waals surface area (Å²) >= 11 is 0. The Labute approximate surface area is 124 Å². The second-order valence-corrected chi connectivity index (χ2v) is 7.41. The summed E-state index contributed by atoms with van der Waals surface area (Å²) in [5, 5.41) is 6.85. The van der Waals surface area contributed by atoms with Crippen LogP contribution in [0.25, 0.3) is 0 Å². The standard InChI is InChI=1S/C16H33N3O/c1-15(2,3)13(20-6)11-18-14(17-5)19-12-16(4)9-7-8-10-16/h13H,7-12H2,1-6H3,(H2,17,18,19). The van der Waals surface area contributed by atoms with E-state index >= 15 is 0 Å². The Morgan fingerprint density at radius 1 is 1.25 bits per heavy atom. The Morgan fingerprint density at radius 2 is 1.85 bits per heavy atom. The number of hydrogen-bond acceptors (Lipinski definition) is 2. The first kappa shape index (κ1) is 17.3. The quantitative estimate of drug-likeness (QED) is 0.602. The fraction of sp³-hybridized carbons (Fsp3) is 0.938. The fourth-order valence-corrected chi connectivity index (χ4v) is 2.86. The first-order valence-electron chi connectivity index (χ1n) is 7.78. The third kappa shape index (κ3) is 5.31. The fourth-order valence-electron chi connectivity index (χ4n) is 2.86. The van der Waals surface area contributed by atoms with Crippen molar-refractivity contribution in [3.63, 3.8) is 0 Å². The van der Waals surface area contributed by atoms with Gasteiger partial charge in [-0.1, -0.05) is 40.5 Å². The number of aliphatic imine (C=N–C) groups is 1. The van der Waals surface area contributed by atoms with Crippen LogP contribution < -0.4 is 10.6 Å². The summed E-state index contributed by atoms with van der Waals surface area (Å²) < 4.78 is 5.56. The van der Waals surface area contributed by atoms with E-state index in [1.54, 1.807) is 7.11 Å². The number of guanidine groups is 1. The maximum atomic E-state index is 5.56. The lowest BCUT2D eigenvalue weighted by Crippen LogP contribution is -2.47. The van der Waals surface area contributed by atoms with Gasteiger partial charge in [-0.25, -0.2) is 0 Å². The average molecular weight is 283 g/mol. The van der Waals surface area contributed by atoms with Crippen LogP contribution in [0.2, 0.25) is 0 Å². The van der Waals surface area contributed by atoms with E-state index in [0.717, 1.165) is 19.0 Å². The van der Waals surface area contributed by atoms with Crippen LogP contribution in [-0.2, 0) is 4.74 Å². The van der Waals surface area contributed by atoms with Crippen molar-refractivity contribution in [3.8, 4) is 0 Å². The molecule has 1 unspecified atom stereocenters. The van der Waals surface area contributed by atoms with Gasteiger partial charge in [0.1, 0.15) is 0 Å². The molecule has 0 aliphatic heterocycles. The van der Waals surface area contributed by atoms with Gasteiger partial charge in [0.25, 0.3) is 0 Å². The lowest BCUT2D eigenvalue weighted by Gasteiger charge is -2.30. The normalized spacial score (nSPS) is 20.8. The Morgan fingerprint density at radius 3 is 2.30 bits per heavy atom. The molecule has 1 atom stereocenters. The number of nitrogens with zero attached hydrogens (tertiary/aromatic N) is 1. The van der Waals surface area contributed by atoms with Crippen LogP contribution in [0.3, 0.4) is 0 Å². The van der Waals surface area contributed by atoms with E-state index in [1.165, 1.54) is 25.7 Å². The van der Waals surface area contributed by atoms with Crippen molar-refractivity contribution in [2.45, 2.75) is 59.5 Å². The molecule has 1 fully saturated rings. The zero-order chi connectivity index (χ0) is 15.2. The minimum atomic E-state index is 0.123. The lowest BCUT2D eigenvalue weighted by atomic mass is 9.88. The molecule has 0 bridgehead atoms. The van der Waals surface area contributed by atoms with Crippen LogP contribution in [-0.4, -0.2) is 39.3 Å². The SMILES string of the molecule is CN=C(NCC(OC)C(C)(C)C)NCC1(C)CCCC1. The topological polar surface area (TPSA) is 45.7 Å². The van der Waals surface area contributed by atoms with Crippen molar-refractivity contribution < 1.29 is 4.74 Å². The molecule has 1 rings (SSSR count). The second kappa shape index (κ2) is 7.30. The molecular weight excluding hydrogens is 250 g/mol. The molecule has 1 aliphatic carbocycles. The molecule has 0 saturated heterocycles. The lowest BCUT2D eigenvalue weighted by molar-refractivity contribution is 0.0205. The highest BCUT2D eigenvalue weighted by atomic mass is 16.5. The average Bonchev–Trinajstić information content (AvgIpc) is 2.79. The summed E-state index contributed by atoms with van der Waals surface area (Å²) in [6.45, 7) is 10.7. The van der Waals surface area contributed by atoms with Crippen molar-refractivity contribution >= 4 is 5.96 Å². The largest absolute Gasteiger partial charge is 0.379 e. The van der Waals surface area contributed by atoms with Gasteiger partial charge in [-0.15, -0.1) is 0 Å². The maximum Gasteiger partial charge on any atom is 0.191 e. The van der Waals surface area contributed by atoms with E-state index in [1.807, 2.05) is 7.05 Å². The molecule has 2 N–H and O–H groups in total. The van der Waals surface area contributed by atoms with Gasteiger partial charge >= 0.3 is 0 Å². The third-order valence-corrected chi connectivity index (χ3v) is 4.42. The molecular formula is C16H33N3O. The zero-order valence-corrected chi connectivity index (χ0v) is 14.2. The van der Waals surface area contributed by atoms with Gasteiger partial charge in [-0.3, -0.25) is 4.99 Å².